The lowest BCUT2D eigenvalue weighted by atomic mass is 9.86. The maximum Gasteiger partial charge on any atom is 0.302 e. The predicted molar refractivity (Wildman–Crippen MR) is 101 cm³/mol. The Bertz CT molecular complexity index is 939. The van der Waals surface area contributed by atoms with Crippen molar-refractivity contribution in [3.8, 4) is 0 Å². The number of fused-ring (bicyclic) bond motifs is 1. The second kappa shape index (κ2) is 6.62. The van der Waals surface area contributed by atoms with Crippen LogP contribution in [-0.2, 0) is 12.0 Å². The molecule has 0 aliphatic heterocycles. The van der Waals surface area contributed by atoms with Gasteiger partial charge in [0.05, 0.1) is 22.5 Å². The number of nitro groups is 2. The van der Waals surface area contributed by atoms with E-state index in [0.29, 0.717) is 6.42 Å². The van der Waals surface area contributed by atoms with Gasteiger partial charge < -0.3 is 10.4 Å². The lowest BCUT2D eigenvalue weighted by Crippen LogP contribution is -2.16. The molecule has 142 valence electrons. The molecule has 0 spiro atoms. The number of benzene rings is 2. The Morgan fingerprint density at radius 1 is 1.22 bits per heavy atom. The highest BCUT2D eigenvalue weighted by Crippen LogP contribution is 2.48. The van der Waals surface area contributed by atoms with Crippen LogP contribution in [0.1, 0.15) is 48.6 Å². The molecule has 1 unspecified atom stereocenters. The van der Waals surface area contributed by atoms with Crippen molar-refractivity contribution in [3.63, 3.8) is 0 Å². The summed E-state index contributed by atoms with van der Waals surface area (Å²) >= 11 is 0. The smallest absolute Gasteiger partial charge is 0.302 e. The number of nitrogens with zero attached hydrogens (tertiary/aromatic N) is 2. The molecule has 0 saturated carbocycles. The van der Waals surface area contributed by atoms with E-state index in [0.717, 1.165) is 11.1 Å². The molecule has 1 aliphatic rings. The van der Waals surface area contributed by atoms with E-state index in [1.165, 1.54) is 13.0 Å². The highest BCUT2D eigenvalue weighted by atomic mass is 16.6. The fourth-order valence-corrected chi connectivity index (χ4v) is 3.94. The van der Waals surface area contributed by atoms with Crippen molar-refractivity contribution in [1.82, 2.24) is 0 Å². The third-order valence-corrected chi connectivity index (χ3v) is 5.29. The van der Waals surface area contributed by atoms with E-state index in [1.54, 1.807) is 0 Å². The van der Waals surface area contributed by atoms with Gasteiger partial charge in [0.1, 0.15) is 0 Å². The van der Waals surface area contributed by atoms with Crippen LogP contribution in [0.5, 0.6) is 0 Å². The summed E-state index contributed by atoms with van der Waals surface area (Å²) in [4.78, 5) is 22.0. The minimum atomic E-state index is -0.653. The normalized spacial score (nSPS) is 17.4. The lowest BCUT2D eigenvalue weighted by molar-refractivity contribution is -0.392. The number of aliphatic hydroxyl groups excluding tert-OH is 1. The molecule has 0 heterocycles. The molecule has 8 nitrogen and oxygen atoms in total. The van der Waals surface area contributed by atoms with Crippen LogP contribution >= 0.6 is 0 Å². The monoisotopic (exact) mass is 371 g/mol. The quantitative estimate of drug-likeness (QED) is 0.602. The summed E-state index contributed by atoms with van der Waals surface area (Å²) in [6.45, 7) is 5.14. The van der Waals surface area contributed by atoms with Crippen LogP contribution in [0.4, 0.5) is 17.1 Å². The first-order valence-corrected chi connectivity index (χ1v) is 8.59. The van der Waals surface area contributed by atoms with Gasteiger partial charge in [-0.15, -0.1) is 0 Å². The average molecular weight is 371 g/mol. The number of anilines is 1. The van der Waals surface area contributed by atoms with E-state index < -0.39 is 22.1 Å². The molecule has 0 fully saturated rings. The minimum Gasteiger partial charge on any atom is -0.392 e. The molecular formula is C19H21N3O5. The molecule has 2 aromatic carbocycles. The molecule has 8 heteroatoms. The van der Waals surface area contributed by atoms with E-state index in [4.69, 9.17) is 0 Å². The molecule has 0 radical (unpaired) electrons. The van der Waals surface area contributed by atoms with Crippen LogP contribution in [0.2, 0.25) is 0 Å². The van der Waals surface area contributed by atoms with Crippen LogP contribution in [0.3, 0.4) is 0 Å². The van der Waals surface area contributed by atoms with Crippen molar-refractivity contribution in [2.24, 2.45) is 0 Å². The van der Waals surface area contributed by atoms with Gasteiger partial charge in [0.15, 0.2) is 5.69 Å². The van der Waals surface area contributed by atoms with Gasteiger partial charge in [-0.1, -0.05) is 38.1 Å². The molecule has 2 aromatic rings. The Morgan fingerprint density at radius 2 is 1.89 bits per heavy atom. The Hall–Kier alpha value is -3.00. The highest BCUT2D eigenvalue weighted by Gasteiger charge is 2.39. The summed E-state index contributed by atoms with van der Waals surface area (Å²) in [5.41, 5.74) is 1.46. The molecule has 1 atom stereocenters. The van der Waals surface area contributed by atoms with Crippen molar-refractivity contribution in [1.29, 1.82) is 0 Å². The van der Waals surface area contributed by atoms with Gasteiger partial charge in [-0.3, -0.25) is 20.2 Å². The van der Waals surface area contributed by atoms with Crippen LogP contribution in [-0.4, -0.2) is 15.0 Å². The lowest BCUT2D eigenvalue weighted by Gasteiger charge is -2.20. The van der Waals surface area contributed by atoms with Crippen LogP contribution in [0.25, 0.3) is 0 Å². The summed E-state index contributed by atoms with van der Waals surface area (Å²) in [5.74, 6) is 0. The average Bonchev–Trinajstić information content (AvgIpc) is 2.85. The minimum absolute atomic E-state index is 0.114. The number of hydrogen-bond acceptors (Lipinski definition) is 6. The Balaban J connectivity index is 2.17. The van der Waals surface area contributed by atoms with Gasteiger partial charge in [0.25, 0.3) is 5.69 Å². The Morgan fingerprint density at radius 3 is 2.48 bits per heavy atom. The number of nitrogens with one attached hydrogen (secondary N) is 1. The predicted octanol–water partition coefficient (Wildman–Crippen LogP) is 4.14. The van der Waals surface area contributed by atoms with Crippen LogP contribution < -0.4 is 5.32 Å². The van der Waals surface area contributed by atoms with E-state index in [-0.39, 0.29) is 34.0 Å². The van der Waals surface area contributed by atoms with Gasteiger partial charge >= 0.3 is 5.69 Å². The van der Waals surface area contributed by atoms with Crippen LogP contribution in [0, 0.1) is 27.2 Å². The zero-order chi connectivity index (χ0) is 19.9. The maximum atomic E-state index is 11.7. The fraction of sp³-hybridized carbons (Fsp3) is 0.368. The second-order valence-electron chi connectivity index (χ2n) is 7.45. The largest absolute Gasteiger partial charge is 0.392 e. The Kier molecular flexibility index (Phi) is 4.61. The topological polar surface area (TPSA) is 119 Å². The first-order chi connectivity index (χ1) is 12.7. The summed E-state index contributed by atoms with van der Waals surface area (Å²) in [6.07, 6.45) is 0.654. The number of aliphatic hydroxyl groups is 1. The molecule has 3 rings (SSSR count). The highest BCUT2D eigenvalue weighted by molar-refractivity contribution is 5.78. The van der Waals surface area contributed by atoms with Crippen molar-refractivity contribution >= 4 is 17.1 Å². The summed E-state index contributed by atoms with van der Waals surface area (Å²) in [6, 6.07) is 8.70. The zero-order valence-corrected chi connectivity index (χ0v) is 15.4. The SMILES string of the molecule is Cc1c(CO)cc([N+](=O)[O-])c(NC2CC(C)(C)c3ccccc32)c1[N+](=O)[O-]. The molecular weight excluding hydrogens is 350 g/mol. The number of hydrogen-bond donors (Lipinski definition) is 2. The van der Waals surface area contributed by atoms with E-state index in [2.05, 4.69) is 19.2 Å². The zero-order valence-electron chi connectivity index (χ0n) is 15.4. The number of nitro benzene ring substituents is 2. The van der Waals surface area contributed by atoms with E-state index in [9.17, 15) is 25.3 Å². The van der Waals surface area contributed by atoms with E-state index in [1.807, 2.05) is 24.3 Å². The molecule has 0 saturated heterocycles. The second-order valence-corrected chi connectivity index (χ2v) is 7.45. The molecule has 0 amide bonds. The summed E-state index contributed by atoms with van der Waals surface area (Å²) in [5, 5.41) is 35.8. The Labute approximate surface area is 156 Å². The molecule has 0 bridgehead atoms. The summed E-state index contributed by atoms with van der Waals surface area (Å²) in [7, 11) is 0. The van der Waals surface area contributed by atoms with Crippen molar-refractivity contribution < 1.29 is 15.0 Å². The standard InChI is InChI=1S/C19H21N3O5/c1-11-12(10-23)8-16(21(24)25)17(18(11)22(26)27)20-15-9-19(2,3)14-7-5-4-6-13(14)15/h4-8,15,20,23H,9-10H2,1-3H3. The van der Waals surface area contributed by atoms with Crippen molar-refractivity contribution in [3.05, 3.63) is 72.8 Å². The first kappa shape index (κ1) is 18.8. The van der Waals surface area contributed by atoms with Gasteiger partial charge in [-0.05, 0) is 35.4 Å². The molecule has 1 aliphatic carbocycles. The molecule has 0 aromatic heterocycles. The van der Waals surface area contributed by atoms with Crippen molar-refractivity contribution in [2.75, 3.05) is 5.32 Å². The molecule has 2 N–H and O–H groups in total. The van der Waals surface area contributed by atoms with Gasteiger partial charge in [-0.2, -0.15) is 0 Å². The first-order valence-electron chi connectivity index (χ1n) is 8.59. The van der Waals surface area contributed by atoms with Gasteiger partial charge in [0.2, 0.25) is 0 Å². The third kappa shape index (κ3) is 3.12. The number of rotatable bonds is 5. The third-order valence-electron chi connectivity index (χ3n) is 5.29. The van der Waals surface area contributed by atoms with Crippen molar-refractivity contribution in [2.45, 2.75) is 45.3 Å². The van der Waals surface area contributed by atoms with E-state index >= 15 is 0 Å². The summed E-state index contributed by atoms with van der Waals surface area (Å²) < 4.78 is 0. The van der Waals surface area contributed by atoms with Crippen LogP contribution in [0.15, 0.2) is 30.3 Å². The molecule has 27 heavy (non-hydrogen) atoms. The fourth-order valence-electron chi connectivity index (χ4n) is 3.94. The maximum absolute atomic E-state index is 11.7. The van der Waals surface area contributed by atoms with Gasteiger partial charge in [-0.25, -0.2) is 0 Å². The van der Waals surface area contributed by atoms with Gasteiger partial charge in [0, 0.05) is 11.6 Å².